The summed E-state index contributed by atoms with van der Waals surface area (Å²) in [6.45, 7) is 0. The normalized spacial score (nSPS) is 10.6. The number of hydrogen-bond donors (Lipinski definition) is 0. The van der Waals surface area contributed by atoms with Gasteiger partial charge in [0.25, 0.3) is 0 Å². The van der Waals surface area contributed by atoms with Gasteiger partial charge in [0.1, 0.15) is 0 Å². The fourth-order valence-corrected chi connectivity index (χ4v) is 4.01. The maximum Gasteiger partial charge on any atom is 0.159 e. The Morgan fingerprint density at radius 2 is 1.05 bits per heavy atom. The smallest absolute Gasteiger partial charge is 0.159 e. The predicted octanol–water partition coefficient (Wildman–Crippen LogP) is 2.23. The molecule has 92 valence electrons. The molecule has 0 radical (unpaired) electrons. The molecule has 0 N–H and O–H groups in total. The first-order valence-electron chi connectivity index (χ1n) is 6.12. The predicted molar refractivity (Wildman–Crippen MR) is 80.7 cm³/mol. The number of aromatic nitrogens is 2. The molecule has 0 unspecified atom stereocenters. The molecule has 3 heteroatoms. The van der Waals surface area contributed by atoms with Crippen LogP contribution in [0.4, 0.5) is 0 Å². The quantitative estimate of drug-likeness (QED) is 0.678. The van der Waals surface area contributed by atoms with E-state index in [0.29, 0.717) is 0 Å². The lowest BCUT2D eigenvalue weighted by Crippen LogP contribution is -2.24. The van der Waals surface area contributed by atoms with Crippen molar-refractivity contribution >= 4 is 24.1 Å². The highest BCUT2D eigenvalue weighted by Crippen LogP contribution is 2.30. The highest BCUT2D eigenvalue weighted by atomic mass is 31.1. The molecular weight excluding hydrogens is 251 g/mol. The molecule has 0 amide bonds. The van der Waals surface area contributed by atoms with Crippen LogP contribution in [0.2, 0.25) is 0 Å². The molecule has 0 saturated carbocycles. The van der Waals surface area contributed by atoms with Gasteiger partial charge >= 0.3 is 0 Å². The summed E-state index contributed by atoms with van der Waals surface area (Å²) in [6, 6.07) is 22.8. The van der Waals surface area contributed by atoms with Gasteiger partial charge in [-0.3, -0.25) is 0 Å². The van der Waals surface area contributed by atoms with Gasteiger partial charge in [-0.25, -0.2) is 9.97 Å². The van der Waals surface area contributed by atoms with Crippen LogP contribution in [0, 0.1) is 0 Å². The van der Waals surface area contributed by atoms with E-state index in [9.17, 15) is 0 Å². The van der Waals surface area contributed by atoms with Crippen molar-refractivity contribution in [3.8, 4) is 0 Å². The Kier molecular flexibility index (Phi) is 3.62. The van der Waals surface area contributed by atoms with Crippen molar-refractivity contribution in [2.45, 2.75) is 0 Å². The summed E-state index contributed by atoms with van der Waals surface area (Å²) < 4.78 is 0. The van der Waals surface area contributed by atoms with Gasteiger partial charge in [-0.15, -0.1) is 0 Å². The van der Waals surface area contributed by atoms with E-state index in [4.69, 9.17) is 0 Å². The minimum absolute atomic E-state index is 0.668. The zero-order valence-corrected chi connectivity index (χ0v) is 11.2. The molecule has 0 spiro atoms. The minimum atomic E-state index is -0.668. The Bertz CT molecular complexity index is 533. The molecule has 1 aromatic heterocycles. The van der Waals surface area contributed by atoms with Crippen LogP contribution in [0.1, 0.15) is 0 Å². The second-order valence-electron chi connectivity index (χ2n) is 4.06. The molecule has 2 nitrogen and oxygen atoms in total. The first kappa shape index (κ1) is 12.0. The molecule has 0 aliphatic carbocycles. The molecule has 0 bridgehead atoms. The highest BCUT2D eigenvalue weighted by Gasteiger charge is 2.18. The van der Waals surface area contributed by atoms with Crippen molar-refractivity contribution in [1.82, 2.24) is 9.97 Å². The van der Waals surface area contributed by atoms with Crippen molar-refractivity contribution in [2.24, 2.45) is 0 Å². The molecule has 19 heavy (non-hydrogen) atoms. The Morgan fingerprint density at radius 3 is 1.53 bits per heavy atom. The third-order valence-electron chi connectivity index (χ3n) is 2.78. The van der Waals surface area contributed by atoms with Gasteiger partial charge in [0, 0.05) is 20.3 Å². The van der Waals surface area contributed by atoms with E-state index in [-0.39, 0.29) is 0 Å². The van der Waals surface area contributed by atoms with Crippen molar-refractivity contribution in [2.75, 3.05) is 0 Å². The third-order valence-corrected chi connectivity index (χ3v) is 5.04. The summed E-state index contributed by atoms with van der Waals surface area (Å²) in [5.74, 6) is 0. The van der Waals surface area contributed by atoms with Crippen molar-refractivity contribution in [3.05, 3.63) is 79.1 Å². The summed E-state index contributed by atoms with van der Waals surface area (Å²) in [4.78, 5) is 8.90. The summed E-state index contributed by atoms with van der Waals surface area (Å²) >= 11 is 0. The van der Waals surface area contributed by atoms with Crippen LogP contribution in [0.15, 0.2) is 79.1 Å². The Hall–Kier alpha value is -2.05. The molecule has 0 aliphatic rings. The zero-order chi connectivity index (χ0) is 12.9. The largest absolute Gasteiger partial charge is 0.236 e. The monoisotopic (exact) mass is 264 g/mol. The zero-order valence-electron chi connectivity index (χ0n) is 10.3. The lowest BCUT2D eigenvalue weighted by molar-refractivity contribution is 1.24. The Balaban J connectivity index is 2.12. The van der Waals surface area contributed by atoms with Gasteiger partial charge in [-0.05, 0) is 16.7 Å². The van der Waals surface area contributed by atoms with Crippen LogP contribution in [0.5, 0.6) is 0 Å². The van der Waals surface area contributed by atoms with E-state index in [0.717, 1.165) is 5.57 Å². The van der Waals surface area contributed by atoms with Gasteiger partial charge in [0.2, 0.25) is 0 Å². The first-order valence-corrected chi connectivity index (χ1v) is 7.46. The van der Waals surface area contributed by atoms with Gasteiger partial charge in [-0.2, -0.15) is 0 Å². The summed E-state index contributed by atoms with van der Waals surface area (Å²) in [5, 5.41) is 2.55. The number of nitrogens with zero attached hydrogens (tertiary/aromatic N) is 2. The maximum absolute atomic E-state index is 4.45. The molecule has 0 atom stereocenters. The van der Waals surface area contributed by atoms with Crippen molar-refractivity contribution < 1.29 is 0 Å². The van der Waals surface area contributed by atoms with E-state index in [2.05, 4.69) is 58.5 Å². The Labute approximate surface area is 113 Å². The van der Waals surface area contributed by atoms with Gasteiger partial charge < -0.3 is 0 Å². The third kappa shape index (κ3) is 2.69. The van der Waals surface area contributed by atoms with Crippen molar-refractivity contribution in [3.63, 3.8) is 0 Å². The molecule has 2 aromatic carbocycles. The van der Waals surface area contributed by atoms with Crippen LogP contribution in [-0.4, -0.2) is 9.97 Å². The van der Waals surface area contributed by atoms with Gasteiger partial charge in [-0.1, -0.05) is 60.7 Å². The van der Waals surface area contributed by atoms with Crippen LogP contribution in [0.25, 0.3) is 0 Å². The maximum atomic E-state index is 4.45. The van der Waals surface area contributed by atoms with Gasteiger partial charge in [0.05, 0.1) is 0 Å². The topological polar surface area (TPSA) is 25.8 Å². The summed E-state index contributed by atoms with van der Waals surface area (Å²) in [7, 11) is -0.668. The highest BCUT2D eigenvalue weighted by molar-refractivity contribution is 7.79. The first-order chi connectivity index (χ1) is 9.45. The average Bonchev–Trinajstić information content (AvgIpc) is 2.51. The van der Waals surface area contributed by atoms with E-state index >= 15 is 0 Å². The fraction of sp³-hybridized carbons (Fsp3) is 0. The van der Waals surface area contributed by atoms with E-state index in [1.165, 1.54) is 10.6 Å². The summed E-state index contributed by atoms with van der Waals surface area (Å²) in [5.41, 5.74) is 0.898. The number of hydrogen-bond acceptors (Lipinski definition) is 2. The molecule has 0 fully saturated rings. The van der Waals surface area contributed by atoms with E-state index < -0.39 is 7.92 Å². The fourth-order valence-electron chi connectivity index (χ4n) is 1.94. The van der Waals surface area contributed by atoms with Crippen LogP contribution < -0.4 is 16.2 Å². The van der Waals surface area contributed by atoms with Gasteiger partial charge in [0.15, 0.2) is 5.57 Å². The number of rotatable bonds is 3. The lowest BCUT2D eigenvalue weighted by Gasteiger charge is -2.16. The molecule has 0 aliphatic heterocycles. The van der Waals surface area contributed by atoms with Crippen molar-refractivity contribution in [1.29, 1.82) is 0 Å². The van der Waals surface area contributed by atoms with Crippen LogP contribution in [-0.2, 0) is 0 Å². The van der Waals surface area contributed by atoms with Crippen LogP contribution >= 0.6 is 7.92 Å². The molecule has 3 aromatic rings. The minimum Gasteiger partial charge on any atom is -0.236 e. The standard InChI is InChI=1S/C16H13N2P/c1-3-8-14(9-4-1)19(15-10-5-2-6-11-15)16-17-12-7-13-18-16/h1-13H. The molecular formula is C16H13N2P. The van der Waals surface area contributed by atoms with E-state index in [1.807, 2.05) is 30.6 Å². The molecule has 3 rings (SSSR count). The summed E-state index contributed by atoms with van der Waals surface area (Å²) in [6.07, 6.45) is 3.62. The molecule has 0 saturated heterocycles. The second kappa shape index (κ2) is 5.73. The average molecular weight is 264 g/mol. The molecule has 1 heterocycles. The SMILES string of the molecule is c1ccc(P(c2ccccc2)c2ncccn2)cc1. The Morgan fingerprint density at radius 1 is 0.579 bits per heavy atom. The second-order valence-corrected chi connectivity index (χ2v) is 6.16. The van der Waals surface area contributed by atoms with Crippen LogP contribution in [0.3, 0.4) is 0 Å². The number of benzene rings is 2. The van der Waals surface area contributed by atoms with E-state index in [1.54, 1.807) is 0 Å². The lowest BCUT2D eigenvalue weighted by atomic mass is 10.4.